The van der Waals surface area contributed by atoms with Crippen molar-refractivity contribution >= 4 is 28.0 Å². The number of hydrogen-bond donors (Lipinski definition) is 1. The number of ether oxygens (including phenoxy) is 1. The topological polar surface area (TPSA) is 94.6 Å². The molecule has 128 valence electrons. The summed E-state index contributed by atoms with van der Waals surface area (Å²) in [5, 5.41) is 3.07. The molecule has 7 nitrogen and oxygen atoms in total. The van der Waals surface area contributed by atoms with Gasteiger partial charge in [0.2, 0.25) is 0 Å². The van der Waals surface area contributed by atoms with E-state index in [4.69, 9.17) is 16.3 Å². The molecule has 0 saturated carbocycles. The Labute approximate surface area is 142 Å². The molecule has 1 heterocycles. The number of nitrogens with one attached hydrogen (secondary N) is 1. The first kappa shape index (κ1) is 18.0. The van der Waals surface area contributed by atoms with Gasteiger partial charge in [0, 0.05) is 11.2 Å². The summed E-state index contributed by atoms with van der Waals surface area (Å²) >= 11 is 5.81. The number of carbonyl (C=O) groups is 1. The molecule has 0 fully saturated rings. The average molecular weight is 375 g/mol. The maximum Gasteiger partial charge on any atom is 0.488 e. The van der Waals surface area contributed by atoms with E-state index < -0.39 is 22.2 Å². The zero-order valence-electron chi connectivity index (χ0n) is 12.1. The first-order valence-electron chi connectivity index (χ1n) is 6.59. The Balaban J connectivity index is 1.85. The average Bonchev–Trinajstić information content (AvgIpc) is 2.50. The molecule has 0 aliphatic rings. The van der Waals surface area contributed by atoms with E-state index in [1.165, 1.54) is 6.20 Å². The van der Waals surface area contributed by atoms with Gasteiger partial charge in [-0.2, -0.15) is 8.42 Å². The highest BCUT2D eigenvalue weighted by Gasteiger charge is 2.13. The Bertz CT molecular complexity index is 831. The highest BCUT2D eigenvalue weighted by molar-refractivity contribution is 7.81. The molecule has 0 aliphatic carbocycles. The van der Waals surface area contributed by atoms with Gasteiger partial charge in [0.1, 0.15) is 12.4 Å². The fourth-order valence-corrected chi connectivity index (χ4v) is 2.20. The zero-order chi connectivity index (χ0) is 17.6. The van der Waals surface area contributed by atoms with Crippen molar-refractivity contribution in [1.82, 2.24) is 10.3 Å². The number of halogens is 2. The molecule has 1 amide bonds. The summed E-state index contributed by atoms with van der Waals surface area (Å²) in [6.07, 6.45) is 2.15. The summed E-state index contributed by atoms with van der Waals surface area (Å²) in [5.74, 6) is -0.388. The second-order valence-electron chi connectivity index (χ2n) is 4.45. The van der Waals surface area contributed by atoms with Crippen LogP contribution in [-0.4, -0.2) is 32.5 Å². The SMILES string of the molecule is O=C(NCCOc1cccc(Cl)c1)c1cncc(OS(=O)(=O)F)c1. The van der Waals surface area contributed by atoms with E-state index in [2.05, 4.69) is 14.5 Å². The first-order chi connectivity index (χ1) is 11.3. The Morgan fingerprint density at radius 1 is 1.25 bits per heavy atom. The smallest absolute Gasteiger partial charge is 0.488 e. The lowest BCUT2D eigenvalue weighted by Gasteiger charge is -2.08. The largest absolute Gasteiger partial charge is 0.492 e. The highest BCUT2D eigenvalue weighted by atomic mass is 35.5. The molecular formula is C14H12ClFN2O5S. The molecule has 10 heteroatoms. The van der Waals surface area contributed by atoms with E-state index in [9.17, 15) is 17.1 Å². The van der Waals surface area contributed by atoms with Gasteiger partial charge in [-0.05, 0) is 24.3 Å². The summed E-state index contributed by atoms with van der Waals surface area (Å²) < 4.78 is 42.7. The number of aromatic nitrogens is 1. The second kappa shape index (κ2) is 7.93. The van der Waals surface area contributed by atoms with Crippen molar-refractivity contribution in [1.29, 1.82) is 0 Å². The van der Waals surface area contributed by atoms with Gasteiger partial charge in [-0.15, -0.1) is 0 Å². The summed E-state index contributed by atoms with van der Waals surface area (Å²) in [6, 6.07) is 7.83. The maximum absolute atomic E-state index is 12.4. The molecule has 24 heavy (non-hydrogen) atoms. The lowest BCUT2D eigenvalue weighted by molar-refractivity contribution is 0.0946. The zero-order valence-corrected chi connectivity index (χ0v) is 13.7. The van der Waals surface area contributed by atoms with Crippen LogP contribution in [-0.2, 0) is 10.5 Å². The number of benzene rings is 1. The molecule has 0 bridgehead atoms. The van der Waals surface area contributed by atoms with Crippen LogP contribution in [0.5, 0.6) is 11.5 Å². The van der Waals surface area contributed by atoms with E-state index in [0.717, 1.165) is 12.3 Å². The van der Waals surface area contributed by atoms with Crippen molar-refractivity contribution in [3.05, 3.63) is 53.3 Å². The lowest BCUT2D eigenvalue weighted by atomic mass is 10.2. The molecule has 1 N–H and O–H groups in total. The molecule has 0 unspecified atom stereocenters. The summed E-state index contributed by atoms with van der Waals surface area (Å²) in [7, 11) is -5.18. The van der Waals surface area contributed by atoms with Gasteiger partial charge in [0.25, 0.3) is 5.91 Å². The number of pyridine rings is 1. The quantitative estimate of drug-likeness (QED) is 0.589. The van der Waals surface area contributed by atoms with Gasteiger partial charge >= 0.3 is 10.5 Å². The monoisotopic (exact) mass is 374 g/mol. The standard InChI is InChI=1S/C14H12ClFN2O5S/c15-11-2-1-3-12(7-11)22-5-4-18-14(19)10-6-13(9-17-8-10)23-24(16,20)21/h1-3,6-9H,4-5H2,(H,18,19). The third kappa shape index (κ3) is 6.01. The van der Waals surface area contributed by atoms with Gasteiger partial charge < -0.3 is 14.2 Å². The summed E-state index contributed by atoms with van der Waals surface area (Å²) in [4.78, 5) is 15.5. The van der Waals surface area contributed by atoms with Crippen LogP contribution in [0, 0.1) is 0 Å². The fraction of sp³-hybridized carbons (Fsp3) is 0.143. The molecule has 1 aromatic heterocycles. The number of nitrogens with zero attached hydrogens (tertiary/aromatic N) is 1. The predicted octanol–water partition coefficient (Wildman–Crippen LogP) is 2.14. The van der Waals surface area contributed by atoms with Gasteiger partial charge in [0.15, 0.2) is 5.75 Å². The van der Waals surface area contributed by atoms with E-state index in [0.29, 0.717) is 10.8 Å². The minimum absolute atomic E-state index is 0.0129. The third-order valence-corrected chi connectivity index (χ3v) is 3.25. The minimum atomic E-state index is -5.18. The Morgan fingerprint density at radius 3 is 2.75 bits per heavy atom. The Hall–Kier alpha value is -2.39. The lowest BCUT2D eigenvalue weighted by Crippen LogP contribution is -2.28. The first-order valence-corrected chi connectivity index (χ1v) is 8.28. The van der Waals surface area contributed by atoms with Crippen LogP contribution in [0.4, 0.5) is 3.89 Å². The number of amides is 1. The molecule has 2 rings (SSSR count). The van der Waals surface area contributed by atoms with Crippen LogP contribution in [0.1, 0.15) is 10.4 Å². The van der Waals surface area contributed by atoms with Crippen LogP contribution >= 0.6 is 11.6 Å². The normalized spacial score (nSPS) is 10.9. The van der Waals surface area contributed by atoms with Crippen LogP contribution < -0.4 is 14.2 Å². The van der Waals surface area contributed by atoms with Gasteiger partial charge in [-0.3, -0.25) is 9.78 Å². The summed E-state index contributed by atoms with van der Waals surface area (Å²) in [6.45, 7) is 0.367. The molecule has 0 saturated heterocycles. The third-order valence-electron chi connectivity index (χ3n) is 2.62. The number of hydrogen-bond acceptors (Lipinski definition) is 6. The molecule has 2 aromatic rings. The second-order valence-corrected chi connectivity index (χ2v) is 5.84. The van der Waals surface area contributed by atoms with Crippen molar-refractivity contribution < 1.29 is 26.0 Å². The Kier molecular flexibility index (Phi) is 5.93. The van der Waals surface area contributed by atoms with Crippen molar-refractivity contribution in [2.24, 2.45) is 0 Å². The fourth-order valence-electron chi connectivity index (χ4n) is 1.70. The van der Waals surface area contributed by atoms with Gasteiger partial charge in [0.05, 0.1) is 18.3 Å². The van der Waals surface area contributed by atoms with Gasteiger partial charge in [-0.25, -0.2) is 0 Å². The Morgan fingerprint density at radius 2 is 2.04 bits per heavy atom. The van der Waals surface area contributed by atoms with E-state index in [1.54, 1.807) is 24.3 Å². The molecule has 0 atom stereocenters. The number of carbonyl (C=O) groups excluding carboxylic acids is 1. The minimum Gasteiger partial charge on any atom is -0.492 e. The van der Waals surface area contributed by atoms with E-state index in [1.807, 2.05) is 0 Å². The van der Waals surface area contributed by atoms with Crippen LogP contribution in [0.25, 0.3) is 0 Å². The predicted molar refractivity (Wildman–Crippen MR) is 84.2 cm³/mol. The van der Waals surface area contributed by atoms with Crippen molar-refractivity contribution in [3.63, 3.8) is 0 Å². The van der Waals surface area contributed by atoms with Crippen LogP contribution in [0.15, 0.2) is 42.7 Å². The van der Waals surface area contributed by atoms with E-state index >= 15 is 0 Å². The molecule has 0 spiro atoms. The van der Waals surface area contributed by atoms with Crippen molar-refractivity contribution in [2.45, 2.75) is 0 Å². The molecule has 0 radical (unpaired) electrons. The van der Waals surface area contributed by atoms with Crippen LogP contribution in [0.3, 0.4) is 0 Å². The van der Waals surface area contributed by atoms with Crippen LogP contribution in [0.2, 0.25) is 5.02 Å². The summed E-state index contributed by atoms with van der Waals surface area (Å²) in [5.41, 5.74) is 0.0129. The molecule has 1 aromatic carbocycles. The number of rotatable bonds is 7. The van der Waals surface area contributed by atoms with Crippen molar-refractivity contribution in [2.75, 3.05) is 13.2 Å². The molecular weight excluding hydrogens is 363 g/mol. The van der Waals surface area contributed by atoms with E-state index in [-0.39, 0.29) is 18.7 Å². The van der Waals surface area contributed by atoms with Crippen molar-refractivity contribution in [3.8, 4) is 11.5 Å². The molecule has 0 aliphatic heterocycles. The highest BCUT2D eigenvalue weighted by Crippen LogP contribution is 2.17. The van der Waals surface area contributed by atoms with Gasteiger partial charge in [-0.1, -0.05) is 21.6 Å². The maximum atomic E-state index is 12.4.